The molecule has 0 aliphatic heterocycles. The summed E-state index contributed by atoms with van der Waals surface area (Å²) in [6.07, 6.45) is 0. The van der Waals surface area contributed by atoms with E-state index in [1.54, 1.807) is 0 Å². The molecule has 0 aromatic rings. The molecule has 5 heteroatoms. The number of hydrogen-bond donors (Lipinski definition) is 0. The van der Waals surface area contributed by atoms with Crippen LogP contribution >= 0.6 is 8.60 Å². The molecule has 0 spiro atoms. The van der Waals surface area contributed by atoms with Crippen molar-refractivity contribution in [3.63, 3.8) is 0 Å². The fraction of sp³-hybridized carbons (Fsp3) is 0. The second-order valence-corrected chi connectivity index (χ2v) is 0.671. The van der Waals surface area contributed by atoms with Crippen LogP contribution in [0.4, 0.5) is 0 Å². The average molecular weight is 286 g/mol. The minimum Gasteiger partial charge on any atom is -0.854 e. The van der Waals surface area contributed by atoms with Gasteiger partial charge in [-0.25, -0.2) is 0 Å². The zero-order chi connectivity index (χ0) is 3.58. The van der Waals surface area contributed by atoms with Crippen LogP contribution in [0.15, 0.2) is 0 Å². The summed E-state index contributed by atoms with van der Waals surface area (Å²) in [7, 11) is -3.37. The van der Waals surface area contributed by atoms with Gasteiger partial charge >= 0.3 is 0 Å². The Hall–Kier alpha value is 1.23. The van der Waals surface area contributed by atoms with Crippen LogP contribution in [0.2, 0.25) is 0 Å². The van der Waals surface area contributed by atoms with Gasteiger partial charge in [0.15, 0.2) is 0 Å². The Morgan fingerprint density at radius 2 is 1.00 bits per heavy atom. The summed E-state index contributed by atoms with van der Waals surface area (Å²) in [6, 6.07) is 0. The number of rotatable bonds is 0. The molecule has 0 heterocycles. The van der Waals surface area contributed by atoms with Crippen molar-refractivity contribution < 1.29 is 14.7 Å². The van der Waals surface area contributed by atoms with E-state index in [2.05, 4.69) is 0 Å². The van der Waals surface area contributed by atoms with Crippen LogP contribution in [0.5, 0.6) is 0 Å². The maximum Gasteiger partial charge on any atom is 0 e. The Balaban J connectivity index is 0. The van der Waals surface area contributed by atoms with Crippen LogP contribution in [0.3, 0.4) is 0 Å². The van der Waals surface area contributed by atoms with Gasteiger partial charge in [-0.3, -0.25) is 0 Å². The smallest absolute Gasteiger partial charge is 0 e. The Labute approximate surface area is 50.8 Å². The molecule has 5 heavy (non-hydrogen) atoms. The zero-order valence-electron chi connectivity index (χ0n) is 2.17. The van der Waals surface area contributed by atoms with Crippen molar-refractivity contribution >= 4 is 35.9 Å². The molecule has 0 aromatic heterocycles. The van der Waals surface area contributed by atoms with Crippen molar-refractivity contribution in [3.05, 3.63) is 0 Å². The van der Waals surface area contributed by atoms with Crippen LogP contribution in [0, 0.1) is 0 Å². The zero-order valence-corrected chi connectivity index (χ0v) is 6.95. The van der Waals surface area contributed by atoms with E-state index in [9.17, 15) is 0 Å². The van der Waals surface area contributed by atoms with E-state index in [4.69, 9.17) is 14.7 Å². The quantitative estimate of drug-likeness (QED) is 0.350. The van der Waals surface area contributed by atoms with E-state index in [1.165, 1.54) is 0 Å². The van der Waals surface area contributed by atoms with Crippen molar-refractivity contribution in [2.75, 3.05) is 0 Å². The summed E-state index contributed by atoms with van der Waals surface area (Å²) < 4.78 is 0. The van der Waals surface area contributed by atoms with Crippen molar-refractivity contribution in [2.45, 2.75) is 0 Å². The Morgan fingerprint density at radius 1 is 1.00 bits per heavy atom. The first-order chi connectivity index (χ1) is 1.73. The summed E-state index contributed by atoms with van der Waals surface area (Å²) in [5.74, 6) is 0. The van der Waals surface area contributed by atoms with E-state index in [0.717, 1.165) is 0 Å². The first-order valence-corrected chi connectivity index (χ1v) is 1.64. The topological polar surface area (TPSA) is 69.2 Å². The van der Waals surface area contributed by atoms with E-state index >= 15 is 0 Å². The van der Waals surface area contributed by atoms with Gasteiger partial charge in [0.25, 0.3) is 0 Å². The van der Waals surface area contributed by atoms with Gasteiger partial charge in [0, 0.05) is 27.3 Å². The normalized spacial score (nSPS) is 7.20. The molecule has 0 fully saturated rings. The Bertz CT molecular complexity index is 11.6. The third kappa shape index (κ3) is 36.0. The SMILES string of the molecule is [O-]P([O-])[O-].[Pb]. The standard InChI is InChI=1S/O3P.Pb/c1-4(2)3;/q-3;. The molecule has 0 unspecified atom stereocenters. The van der Waals surface area contributed by atoms with Gasteiger partial charge in [-0.15, -0.1) is 0 Å². The van der Waals surface area contributed by atoms with E-state index in [1.807, 2.05) is 0 Å². The number of hydrogen-bond acceptors (Lipinski definition) is 3. The minimum absolute atomic E-state index is 0. The van der Waals surface area contributed by atoms with Crippen LogP contribution in [-0.2, 0) is 0 Å². The molecule has 0 aromatic carbocycles. The first kappa shape index (κ1) is 9.53. The van der Waals surface area contributed by atoms with Gasteiger partial charge in [-0.05, 0) is 0 Å². The van der Waals surface area contributed by atoms with Crippen LogP contribution in [0.1, 0.15) is 0 Å². The summed E-state index contributed by atoms with van der Waals surface area (Å²) in [5.41, 5.74) is 0. The molecule has 0 saturated carbocycles. The molecule has 0 aliphatic carbocycles. The second-order valence-electron chi connectivity index (χ2n) is 0.224. The summed E-state index contributed by atoms with van der Waals surface area (Å²) in [4.78, 5) is 25.4. The fourth-order valence-corrected chi connectivity index (χ4v) is 0. The summed E-state index contributed by atoms with van der Waals surface area (Å²) in [5, 5.41) is 0. The Morgan fingerprint density at radius 3 is 1.00 bits per heavy atom. The monoisotopic (exact) mass is 287 g/mol. The molecule has 0 bridgehead atoms. The molecule has 30 valence electrons. The third-order valence-corrected chi connectivity index (χ3v) is 0. The van der Waals surface area contributed by atoms with E-state index < -0.39 is 8.60 Å². The van der Waals surface area contributed by atoms with E-state index in [0.29, 0.717) is 0 Å². The predicted octanol–water partition coefficient (Wildman–Crippen LogP) is -3.09. The first-order valence-electron chi connectivity index (χ1n) is 0.548. The van der Waals surface area contributed by atoms with Crippen molar-refractivity contribution in [1.82, 2.24) is 0 Å². The third-order valence-electron chi connectivity index (χ3n) is 0. The minimum atomic E-state index is -3.37. The Kier molecular flexibility index (Phi) is 9.97. The van der Waals surface area contributed by atoms with E-state index in [-0.39, 0.29) is 27.3 Å². The molecule has 0 N–H and O–H groups in total. The molecular formula is O3PPb-3. The van der Waals surface area contributed by atoms with Crippen molar-refractivity contribution in [3.8, 4) is 0 Å². The van der Waals surface area contributed by atoms with Gasteiger partial charge in [-0.2, -0.15) is 0 Å². The van der Waals surface area contributed by atoms with Gasteiger partial charge in [0.1, 0.15) is 0 Å². The van der Waals surface area contributed by atoms with Gasteiger partial charge in [0.05, 0.1) is 0 Å². The average Bonchev–Trinajstić information content (AvgIpc) is 0.811. The summed E-state index contributed by atoms with van der Waals surface area (Å²) >= 11 is 0. The fourth-order valence-electron chi connectivity index (χ4n) is 0. The largest absolute Gasteiger partial charge is 0.854 e. The molecule has 0 atom stereocenters. The molecular weight excluding hydrogens is 286 g/mol. The van der Waals surface area contributed by atoms with Crippen molar-refractivity contribution in [2.24, 2.45) is 0 Å². The van der Waals surface area contributed by atoms with Crippen LogP contribution in [0.25, 0.3) is 0 Å². The maximum absolute atomic E-state index is 8.48. The van der Waals surface area contributed by atoms with Gasteiger partial charge < -0.3 is 23.3 Å². The van der Waals surface area contributed by atoms with Gasteiger partial charge in [0.2, 0.25) is 0 Å². The predicted molar refractivity (Wildman–Crippen MR) is 12.7 cm³/mol. The van der Waals surface area contributed by atoms with Gasteiger partial charge in [-0.1, -0.05) is 0 Å². The van der Waals surface area contributed by atoms with Crippen LogP contribution in [-0.4, -0.2) is 27.3 Å². The van der Waals surface area contributed by atoms with Crippen molar-refractivity contribution in [1.29, 1.82) is 0 Å². The molecule has 0 saturated heterocycles. The molecule has 0 rings (SSSR count). The molecule has 4 radical (unpaired) electrons. The summed E-state index contributed by atoms with van der Waals surface area (Å²) in [6.45, 7) is 0. The molecule has 0 aliphatic rings. The molecule has 0 amide bonds. The molecule has 3 nitrogen and oxygen atoms in total. The van der Waals surface area contributed by atoms with Crippen LogP contribution < -0.4 is 14.7 Å². The second kappa shape index (κ2) is 5.23. The maximum atomic E-state index is 8.48.